The van der Waals surface area contributed by atoms with Crippen molar-refractivity contribution in [1.29, 1.82) is 0 Å². The van der Waals surface area contributed by atoms with Crippen molar-refractivity contribution >= 4 is 52.5 Å². The Morgan fingerprint density at radius 2 is 1.96 bits per heavy atom. The number of hydrogen-bond donors (Lipinski definition) is 3. The molecule has 0 aliphatic rings. The number of H-pyrrole nitrogens is 1. The Morgan fingerprint density at radius 3 is 2.64 bits per heavy atom. The van der Waals surface area contributed by atoms with Crippen molar-refractivity contribution in [1.82, 2.24) is 15.3 Å². The Labute approximate surface area is 157 Å². The smallest absolute Gasteiger partial charge is 0.251 e. The van der Waals surface area contributed by atoms with E-state index in [1.807, 2.05) is 0 Å². The number of aromatic nitrogens is 2. The summed E-state index contributed by atoms with van der Waals surface area (Å²) in [5.41, 5.74) is 0.451. The fourth-order valence-electron chi connectivity index (χ4n) is 1.80. The first-order valence-electron chi connectivity index (χ1n) is 7.06. The molecule has 0 saturated carbocycles. The lowest BCUT2D eigenvalue weighted by atomic mass is 10.3. The maximum atomic E-state index is 12.0. The number of nitrogens with zero attached hydrogens (tertiary/aromatic N) is 1. The van der Waals surface area contributed by atoms with Crippen molar-refractivity contribution in [3.8, 4) is 0 Å². The predicted octanol–water partition coefficient (Wildman–Crippen LogP) is 2.10. The van der Waals surface area contributed by atoms with Gasteiger partial charge in [0.1, 0.15) is 0 Å². The highest BCUT2D eigenvalue weighted by atomic mass is 35.5. The number of hydrogen-bond acceptors (Lipinski definition) is 5. The van der Waals surface area contributed by atoms with Crippen molar-refractivity contribution in [3.63, 3.8) is 0 Å². The summed E-state index contributed by atoms with van der Waals surface area (Å²) in [5.74, 6) is -0.541. The minimum Gasteiger partial charge on any atom is -0.359 e. The van der Waals surface area contributed by atoms with E-state index in [0.29, 0.717) is 21.4 Å². The lowest BCUT2D eigenvalue weighted by Gasteiger charge is -2.07. The monoisotopic (exact) mass is 400 g/mol. The van der Waals surface area contributed by atoms with Gasteiger partial charge in [0, 0.05) is 18.8 Å². The number of amides is 2. The summed E-state index contributed by atoms with van der Waals surface area (Å²) in [5, 5.41) is 6.11. The van der Waals surface area contributed by atoms with Crippen LogP contribution in [0.3, 0.4) is 0 Å². The minimum atomic E-state index is -0.388. The van der Waals surface area contributed by atoms with E-state index in [9.17, 15) is 14.4 Å². The Kier molecular flexibility index (Phi) is 6.86. The van der Waals surface area contributed by atoms with Gasteiger partial charge in [-0.05, 0) is 18.2 Å². The highest BCUT2D eigenvalue weighted by Gasteiger charge is 2.09. The fraction of sp³-hybridized carbons (Fsp3) is 0.200. The Bertz CT molecular complexity index is 857. The van der Waals surface area contributed by atoms with Crippen LogP contribution in [0.15, 0.2) is 34.2 Å². The van der Waals surface area contributed by atoms with Crippen LogP contribution in [0.2, 0.25) is 10.0 Å². The molecule has 25 heavy (non-hydrogen) atoms. The van der Waals surface area contributed by atoms with Crippen LogP contribution in [0.5, 0.6) is 0 Å². The molecule has 1 heterocycles. The first kappa shape index (κ1) is 19.3. The largest absolute Gasteiger partial charge is 0.359 e. The van der Waals surface area contributed by atoms with Gasteiger partial charge in [-0.15, -0.1) is 0 Å². The number of aromatic amines is 1. The molecule has 132 valence electrons. The van der Waals surface area contributed by atoms with Crippen LogP contribution in [0.4, 0.5) is 5.69 Å². The molecule has 1 aromatic carbocycles. The first-order valence-corrected chi connectivity index (χ1v) is 8.80. The van der Waals surface area contributed by atoms with Crippen LogP contribution in [-0.2, 0) is 16.0 Å². The molecule has 2 amide bonds. The fourth-order valence-corrected chi connectivity index (χ4v) is 2.79. The van der Waals surface area contributed by atoms with Gasteiger partial charge in [-0.3, -0.25) is 14.4 Å². The molecular formula is C15H14Cl2N4O3S. The zero-order valence-electron chi connectivity index (χ0n) is 13.1. The molecule has 2 rings (SSSR count). The maximum Gasteiger partial charge on any atom is 0.251 e. The molecule has 1 aromatic heterocycles. The summed E-state index contributed by atoms with van der Waals surface area (Å²) < 4.78 is 0. The van der Waals surface area contributed by atoms with Crippen LogP contribution < -0.4 is 16.2 Å². The van der Waals surface area contributed by atoms with Gasteiger partial charge in [0.25, 0.3) is 5.56 Å². The van der Waals surface area contributed by atoms with E-state index in [1.165, 1.54) is 19.2 Å². The summed E-state index contributed by atoms with van der Waals surface area (Å²) in [6.07, 6.45) is -0.0105. The van der Waals surface area contributed by atoms with E-state index in [1.54, 1.807) is 12.1 Å². The normalized spacial score (nSPS) is 10.4. The summed E-state index contributed by atoms with van der Waals surface area (Å²) in [6, 6.07) is 5.99. The molecule has 0 unspecified atom stereocenters. The number of thioether (sulfide) groups is 1. The molecule has 0 aliphatic carbocycles. The predicted molar refractivity (Wildman–Crippen MR) is 98.4 cm³/mol. The molecule has 2 aromatic rings. The number of likely N-dealkylation sites (N-methyl/N-ethyl adjacent to an activating group) is 1. The van der Waals surface area contributed by atoms with Gasteiger partial charge in [0.15, 0.2) is 5.16 Å². The van der Waals surface area contributed by atoms with Crippen molar-refractivity contribution in [2.24, 2.45) is 0 Å². The van der Waals surface area contributed by atoms with Crippen LogP contribution in [0.1, 0.15) is 5.69 Å². The highest BCUT2D eigenvalue weighted by molar-refractivity contribution is 7.99. The Morgan fingerprint density at radius 1 is 1.20 bits per heavy atom. The summed E-state index contributed by atoms with van der Waals surface area (Å²) in [4.78, 5) is 41.6. The van der Waals surface area contributed by atoms with Crippen molar-refractivity contribution in [2.75, 3.05) is 18.1 Å². The third-order valence-corrected chi connectivity index (χ3v) is 4.55. The molecule has 0 bridgehead atoms. The standard InChI is InChI=1S/C15H14Cl2N4O3S/c1-18-12(22)5-9-6-13(23)21-15(20-9)25-7-14(24)19-8-2-3-10(16)11(17)4-8/h2-4,6H,5,7H2,1H3,(H,18,22)(H,19,24)(H,20,21,23). The molecule has 0 radical (unpaired) electrons. The summed E-state index contributed by atoms with van der Waals surface area (Å²) >= 11 is 12.8. The second-order valence-corrected chi connectivity index (χ2v) is 6.64. The second kappa shape index (κ2) is 8.89. The van der Waals surface area contributed by atoms with Crippen LogP contribution >= 0.6 is 35.0 Å². The molecule has 0 saturated heterocycles. The maximum absolute atomic E-state index is 12.0. The lowest BCUT2D eigenvalue weighted by Crippen LogP contribution is -2.22. The van der Waals surface area contributed by atoms with E-state index >= 15 is 0 Å². The minimum absolute atomic E-state index is 0.0105. The average Bonchev–Trinajstić information content (AvgIpc) is 2.56. The lowest BCUT2D eigenvalue weighted by molar-refractivity contribution is -0.120. The summed E-state index contributed by atoms with van der Waals surface area (Å²) in [6.45, 7) is 0. The molecule has 7 nitrogen and oxygen atoms in total. The van der Waals surface area contributed by atoms with E-state index in [-0.39, 0.29) is 34.7 Å². The third kappa shape index (κ3) is 6.08. The van der Waals surface area contributed by atoms with Crippen LogP contribution in [-0.4, -0.2) is 34.6 Å². The van der Waals surface area contributed by atoms with Gasteiger partial charge < -0.3 is 15.6 Å². The number of rotatable bonds is 6. The van der Waals surface area contributed by atoms with E-state index in [0.717, 1.165) is 11.8 Å². The van der Waals surface area contributed by atoms with Crippen molar-refractivity contribution in [3.05, 3.63) is 50.4 Å². The zero-order valence-corrected chi connectivity index (χ0v) is 15.4. The number of carbonyl (C=O) groups is 2. The number of benzene rings is 1. The number of nitrogens with one attached hydrogen (secondary N) is 3. The number of carbonyl (C=O) groups excluding carboxylic acids is 2. The zero-order chi connectivity index (χ0) is 18.4. The number of halogens is 2. The van der Waals surface area contributed by atoms with Gasteiger partial charge in [-0.25, -0.2) is 4.98 Å². The molecule has 10 heteroatoms. The third-order valence-electron chi connectivity index (χ3n) is 2.94. The van der Waals surface area contributed by atoms with Gasteiger partial charge in [0.2, 0.25) is 11.8 Å². The molecule has 0 spiro atoms. The Balaban J connectivity index is 1.98. The van der Waals surface area contributed by atoms with E-state index in [4.69, 9.17) is 23.2 Å². The van der Waals surface area contributed by atoms with Crippen LogP contribution in [0, 0.1) is 0 Å². The van der Waals surface area contributed by atoms with Crippen molar-refractivity contribution in [2.45, 2.75) is 11.6 Å². The van der Waals surface area contributed by atoms with Gasteiger partial charge in [-0.1, -0.05) is 35.0 Å². The summed E-state index contributed by atoms with van der Waals surface area (Å²) in [7, 11) is 1.50. The number of anilines is 1. The topological polar surface area (TPSA) is 104 Å². The highest BCUT2D eigenvalue weighted by Crippen LogP contribution is 2.25. The molecule has 0 aliphatic heterocycles. The molecule has 0 fully saturated rings. The molecule has 0 atom stereocenters. The van der Waals surface area contributed by atoms with Crippen LogP contribution in [0.25, 0.3) is 0 Å². The van der Waals surface area contributed by atoms with Gasteiger partial charge in [0.05, 0.1) is 27.9 Å². The average molecular weight is 401 g/mol. The van der Waals surface area contributed by atoms with Gasteiger partial charge in [-0.2, -0.15) is 0 Å². The van der Waals surface area contributed by atoms with Crippen molar-refractivity contribution < 1.29 is 9.59 Å². The Hall–Kier alpha value is -2.03. The van der Waals surface area contributed by atoms with Gasteiger partial charge >= 0.3 is 0 Å². The second-order valence-electron chi connectivity index (χ2n) is 4.86. The quantitative estimate of drug-likeness (QED) is 0.508. The molecule has 3 N–H and O–H groups in total. The van der Waals surface area contributed by atoms with E-state index in [2.05, 4.69) is 20.6 Å². The molecular weight excluding hydrogens is 387 g/mol. The SMILES string of the molecule is CNC(=O)Cc1cc(=O)[nH]c(SCC(=O)Nc2ccc(Cl)c(Cl)c2)n1. The van der Waals surface area contributed by atoms with E-state index < -0.39 is 0 Å². The first-order chi connectivity index (χ1) is 11.9.